The van der Waals surface area contributed by atoms with E-state index >= 15 is 0 Å². The molecule has 0 radical (unpaired) electrons. The minimum absolute atomic E-state index is 0.158. The van der Waals surface area contributed by atoms with E-state index in [1.54, 1.807) is 7.11 Å². The normalized spacial score (nSPS) is 21.3. The number of esters is 1. The molecule has 0 saturated carbocycles. The summed E-state index contributed by atoms with van der Waals surface area (Å²) in [4.78, 5) is 11.3. The second-order valence-corrected chi connectivity index (χ2v) is 11.0. The van der Waals surface area contributed by atoms with E-state index in [0.29, 0.717) is 18.8 Å². The van der Waals surface area contributed by atoms with Crippen molar-refractivity contribution in [1.29, 1.82) is 0 Å². The van der Waals surface area contributed by atoms with Crippen molar-refractivity contribution in [2.24, 2.45) is 0 Å². The second kappa shape index (κ2) is 5.44. The zero-order valence-corrected chi connectivity index (χ0v) is 13.2. The standard InChI is InChI=1S/C13H24O4Si/c1-13(2,3)18(5,6)16-9-11-7-10(15-4)8-12(14)17-11/h8,11H,7,9H2,1-6H3/t11-/m0/s1. The highest BCUT2D eigenvalue weighted by atomic mass is 28.4. The second-order valence-electron chi connectivity index (χ2n) is 6.15. The molecule has 18 heavy (non-hydrogen) atoms. The van der Waals surface area contributed by atoms with E-state index in [2.05, 4.69) is 33.9 Å². The molecule has 1 aliphatic rings. The van der Waals surface area contributed by atoms with Crippen LogP contribution in [0.4, 0.5) is 0 Å². The fourth-order valence-corrected chi connectivity index (χ4v) is 2.44. The van der Waals surface area contributed by atoms with E-state index in [4.69, 9.17) is 13.9 Å². The maximum atomic E-state index is 11.3. The Bertz CT molecular complexity index is 341. The Hall–Kier alpha value is -0.813. The number of hydrogen-bond donors (Lipinski definition) is 0. The van der Waals surface area contributed by atoms with Crippen LogP contribution >= 0.6 is 0 Å². The molecule has 0 fully saturated rings. The Morgan fingerprint density at radius 2 is 2.06 bits per heavy atom. The van der Waals surface area contributed by atoms with Gasteiger partial charge in [-0.2, -0.15) is 0 Å². The molecule has 104 valence electrons. The maximum absolute atomic E-state index is 11.3. The largest absolute Gasteiger partial charge is 0.501 e. The molecular formula is C13H24O4Si. The molecule has 1 rings (SSSR count). The van der Waals surface area contributed by atoms with Gasteiger partial charge >= 0.3 is 5.97 Å². The van der Waals surface area contributed by atoms with E-state index in [1.165, 1.54) is 6.08 Å². The lowest BCUT2D eigenvalue weighted by Crippen LogP contribution is -2.43. The van der Waals surface area contributed by atoms with Gasteiger partial charge in [0.2, 0.25) is 0 Å². The summed E-state index contributed by atoms with van der Waals surface area (Å²) in [5, 5.41) is 0.158. The molecule has 0 N–H and O–H groups in total. The third-order valence-electron chi connectivity index (χ3n) is 3.69. The zero-order chi connectivity index (χ0) is 14.0. The van der Waals surface area contributed by atoms with Gasteiger partial charge < -0.3 is 13.9 Å². The van der Waals surface area contributed by atoms with Gasteiger partial charge in [0.15, 0.2) is 8.32 Å². The third-order valence-corrected chi connectivity index (χ3v) is 8.19. The number of cyclic esters (lactones) is 1. The van der Waals surface area contributed by atoms with Crippen LogP contribution in [0.1, 0.15) is 27.2 Å². The van der Waals surface area contributed by atoms with Crippen LogP contribution < -0.4 is 0 Å². The number of carbonyl (C=O) groups excluding carboxylic acids is 1. The molecule has 0 amide bonds. The van der Waals surface area contributed by atoms with E-state index in [0.717, 1.165) is 0 Å². The van der Waals surface area contributed by atoms with Crippen LogP contribution in [0, 0.1) is 0 Å². The minimum Gasteiger partial charge on any atom is -0.501 e. The zero-order valence-electron chi connectivity index (χ0n) is 12.2. The van der Waals surface area contributed by atoms with Crippen molar-refractivity contribution in [3.05, 3.63) is 11.8 Å². The molecule has 0 bridgehead atoms. The van der Waals surface area contributed by atoms with Crippen LogP contribution in [0.15, 0.2) is 11.8 Å². The molecule has 0 spiro atoms. The van der Waals surface area contributed by atoms with Gasteiger partial charge in [0.25, 0.3) is 0 Å². The summed E-state index contributed by atoms with van der Waals surface area (Å²) in [7, 11) is -0.229. The van der Waals surface area contributed by atoms with Crippen molar-refractivity contribution in [3.8, 4) is 0 Å². The van der Waals surface area contributed by atoms with Gasteiger partial charge in [-0.25, -0.2) is 4.79 Å². The van der Waals surface area contributed by atoms with Gasteiger partial charge in [0, 0.05) is 6.42 Å². The first-order valence-electron chi connectivity index (χ1n) is 6.25. The molecular weight excluding hydrogens is 248 g/mol. The summed E-state index contributed by atoms with van der Waals surface area (Å²) in [6.45, 7) is 11.4. The Morgan fingerprint density at radius 1 is 1.44 bits per heavy atom. The lowest BCUT2D eigenvalue weighted by molar-refractivity contribution is -0.147. The maximum Gasteiger partial charge on any atom is 0.334 e. The van der Waals surface area contributed by atoms with E-state index in [9.17, 15) is 4.79 Å². The highest BCUT2D eigenvalue weighted by Crippen LogP contribution is 2.36. The molecule has 0 aromatic carbocycles. The predicted octanol–water partition coefficient (Wildman–Crippen LogP) is 2.85. The SMILES string of the molecule is COC1=CC(=O)O[C@H](CO[Si](C)(C)C(C)(C)C)C1. The molecule has 0 aromatic heterocycles. The van der Waals surface area contributed by atoms with Crippen molar-refractivity contribution in [1.82, 2.24) is 0 Å². The summed E-state index contributed by atoms with van der Waals surface area (Å²) in [6, 6.07) is 0. The Labute approximate surface area is 110 Å². The monoisotopic (exact) mass is 272 g/mol. The minimum atomic E-state index is -1.79. The number of rotatable bonds is 4. The van der Waals surface area contributed by atoms with Crippen LogP contribution in [0.2, 0.25) is 18.1 Å². The topological polar surface area (TPSA) is 44.8 Å². The van der Waals surface area contributed by atoms with Gasteiger partial charge in [-0.3, -0.25) is 0 Å². The molecule has 0 unspecified atom stereocenters. The average Bonchev–Trinajstić information content (AvgIpc) is 2.24. The molecule has 1 atom stereocenters. The Kier molecular flexibility index (Phi) is 4.61. The molecule has 1 aliphatic heterocycles. The summed E-state index contributed by atoms with van der Waals surface area (Å²) >= 11 is 0. The highest BCUT2D eigenvalue weighted by Gasteiger charge is 2.38. The molecule has 0 aromatic rings. The summed E-state index contributed by atoms with van der Waals surface area (Å²) in [6.07, 6.45) is 1.76. The molecule has 4 nitrogen and oxygen atoms in total. The van der Waals surface area contributed by atoms with Gasteiger partial charge in [-0.15, -0.1) is 0 Å². The number of carbonyl (C=O) groups is 1. The Balaban J connectivity index is 2.55. The highest BCUT2D eigenvalue weighted by molar-refractivity contribution is 6.74. The molecule has 0 saturated heterocycles. The quantitative estimate of drug-likeness (QED) is 0.583. The van der Waals surface area contributed by atoms with Crippen LogP contribution in [0.25, 0.3) is 0 Å². The van der Waals surface area contributed by atoms with Crippen molar-refractivity contribution < 1.29 is 18.7 Å². The molecule has 1 heterocycles. The van der Waals surface area contributed by atoms with Crippen LogP contribution in [-0.2, 0) is 18.7 Å². The molecule has 5 heteroatoms. The predicted molar refractivity (Wildman–Crippen MR) is 72.7 cm³/mol. The van der Waals surface area contributed by atoms with Crippen LogP contribution in [0.5, 0.6) is 0 Å². The Morgan fingerprint density at radius 3 is 2.56 bits per heavy atom. The fourth-order valence-electron chi connectivity index (χ4n) is 1.41. The van der Waals surface area contributed by atoms with Gasteiger partial charge in [-0.05, 0) is 18.1 Å². The van der Waals surface area contributed by atoms with Gasteiger partial charge in [0.1, 0.15) is 11.9 Å². The van der Waals surface area contributed by atoms with E-state index < -0.39 is 8.32 Å². The average molecular weight is 272 g/mol. The van der Waals surface area contributed by atoms with Crippen molar-refractivity contribution in [2.75, 3.05) is 13.7 Å². The van der Waals surface area contributed by atoms with Crippen LogP contribution in [-0.4, -0.2) is 34.1 Å². The number of hydrogen-bond acceptors (Lipinski definition) is 4. The first kappa shape index (κ1) is 15.2. The van der Waals surface area contributed by atoms with Gasteiger partial charge in [-0.1, -0.05) is 20.8 Å². The lowest BCUT2D eigenvalue weighted by atomic mass is 10.2. The van der Waals surface area contributed by atoms with Crippen LogP contribution in [0.3, 0.4) is 0 Å². The van der Waals surface area contributed by atoms with Gasteiger partial charge in [0.05, 0.1) is 19.8 Å². The summed E-state index contributed by atoms with van der Waals surface area (Å²) in [5.41, 5.74) is 0. The van der Waals surface area contributed by atoms with Crippen molar-refractivity contribution >= 4 is 14.3 Å². The third kappa shape index (κ3) is 3.85. The summed E-state index contributed by atoms with van der Waals surface area (Å²) < 4.78 is 16.4. The smallest absolute Gasteiger partial charge is 0.334 e. The fraction of sp³-hybridized carbons (Fsp3) is 0.769. The van der Waals surface area contributed by atoms with Crippen molar-refractivity contribution in [2.45, 2.75) is 51.4 Å². The lowest BCUT2D eigenvalue weighted by Gasteiger charge is -2.37. The summed E-state index contributed by atoms with van der Waals surface area (Å²) in [5.74, 6) is 0.317. The molecule has 0 aliphatic carbocycles. The number of ether oxygens (including phenoxy) is 2. The van der Waals surface area contributed by atoms with E-state index in [1.807, 2.05) is 0 Å². The first-order chi connectivity index (χ1) is 8.15. The van der Waals surface area contributed by atoms with E-state index in [-0.39, 0.29) is 17.1 Å². The number of methoxy groups -OCH3 is 1. The van der Waals surface area contributed by atoms with Crippen molar-refractivity contribution in [3.63, 3.8) is 0 Å². The first-order valence-corrected chi connectivity index (χ1v) is 9.15.